The van der Waals surface area contributed by atoms with Crippen molar-refractivity contribution in [1.29, 1.82) is 0 Å². The van der Waals surface area contributed by atoms with E-state index in [1.54, 1.807) is 0 Å². The predicted octanol–water partition coefficient (Wildman–Crippen LogP) is 6.04. The molecule has 32 heavy (non-hydrogen) atoms. The SMILES string of the molecule is C=CC[C@H](O[Si](C)(C)C(C)(C)C)[C@@H]1O[C@H]1[C@@H]1O[C@@]1(C)C[C@@H](CCO)O[Si](C)(C)C(C)(C)C. The number of hydrogen-bond donors (Lipinski definition) is 1. The van der Waals surface area contributed by atoms with Gasteiger partial charge in [0.25, 0.3) is 0 Å². The second-order valence-electron chi connectivity index (χ2n) is 13.1. The van der Waals surface area contributed by atoms with E-state index in [0.717, 1.165) is 12.8 Å². The molecule has 2 saturated heterocycles. The summed E-state index contributed by atoms with van der Waals surface area (Å²) in [6.07, 6.45) is 4.37. The van der Waals surface area contributed by atoms with Crippen LogP contribution in [0.5, 0.6) is 0 Å². The summed E-state index contributed by atoms with van der Waals surface area (Å²) in [6, 6.07) is 0. The van der Waals surface area contributed by atoms with Crippen LogP contribution in [0.3, 0.4) is 0 Å². The van der Waals surface area contributed by atoms with Crippen LogP contribution in [0, 0.1) is 0 Å². The first kappa shape index (κ1) is 28.2. The van der Waals surface area contributed by atoms with Crippen molar-refractivity contribution in [2.45, 2.75) is 140 Å². The molecule has 0 aromatic heterocycles. The highest BCUT2D eigenvalue weighted by molar-refractivity contribution is 6.74. The molecule has 0 aliphatic carbocycles. The Kier molecular flexibility index (Phi) is 8.42. The van der Waals surface area contributed by atoms with Gasteiger partial charge >= 0.3 is 0 Å². The summed E-state index contributed by atoms with van der Waals surface area (Å²) in [5.41, 5.74) is -0.267. The van der Waals surface area contributed by atoms with Gasteiger partial charge in [0.2, 0.25) is 0 Å². The molecule has 0 aromatic carbocycles. The van der Waals surface area contributed by atoms with E-state index in [-0.39, 0.29) is 52.8 Å². The van der Waals surface area contributed by atoms with E-state index >= 15 is 0 Å². The lowest BCUT2D eigenvalue weighted by atomic mass is 9.95. The van der Waals surface area contributed by atoms with Gasteiger partial charge in [-0.05, 0) is 56.0 Å². The smallest absolute Gasteiger partial charge is 0.192 e. The van der Waals surface area contributed by atoms with E-state index in [1.807, 2.05) is 6.08 Å². The van der Waals surface area contributed by atoms with Crippen molar-refractivity contribution < 1.29 is 23.4 Å². The van der Waals surface area contributed by atoms with Gasteiger partial charge in [0, 0.05) is 13.0 Å². The number of ether oxygens (including phenoxy) is 2. The van der Waals surface area contributed by atoms with Crippen LogP contribution in [0.2, 0.25) is 36.3 Å². The van der Waals surface area contributed by atoms with E-state index < -0.39 is 16.6 Å². The molecule has 2 aliphatic heterocycles. The zero-order valence-electron chi connectivity index (χ0n) is 22.6. The minimum Gasteiger partial charge on any atom is -0.414 e. The van der Waals surface area contributed by atoms with Crippen molar-refractivity contribution in [3.05, 3.63) is 12.7 Å². The van der Waals surface area contributed by atoms with Crippen LogP contribution < -0.4 is 0 Å². The van der Waals surface area contributed by atoms with Crippen LogP contribution in [-0.2, 0) is 18.3 Å². The largest absolute Gasteiger partial charge is 0.414 e. The fourth-order valence-electron chi connectivity index (χ4n) is 3.87. The summed E-state index contributed by atoms with van der Waals surface area (Å²) in [7, 11) is -3.82. The Hall–Kier alpha value is -0.0262. The third-order valence-corrected chi connectivity index (χ3v) is 17.2. The Balaban J connectivity index is 2.01. The molecule has 2 rings (SSSR count). The minimum atomic E-state index is -1.92. The van der Waals surface area contributed by atoms with Crippen LogP contribution in [0.25, 0.3) is 0 Å². The van der Waals surface area contributed by atoms with Crippen molar-refractivity contribution in [1.82, 2.24) is 0 Å². The van der Waals surface area contributed by atoms with Gasteiger partial charge in [-0.15, -0.1) is 6.58 Å². The summed E-state index contributed by atoms with van der Waals surface area (Å²) >= 11 is 0. The quantitative estimate of drug-likeness (QED) is 0.207. The van der Waals surface area contributed by atoms with E-state index in [9.17, 15) is 5.11 Å². The first-order valence-electron chi connectivity index (χ1n) is 12.3. The van der Waals surface area contributed by atoms with Gasteiger partial charge in [-0.1, -0.05) is 47.6 Å². The highest BCUT2D eigenvalue weighted by Crippen LogP contribution is 2.52. The van der Waals surface area contributed by atoms with Gasteiger partial charge in [-0.2, -0.15) is 0 Å². The van der Waals surface area contributed by atoms with E-state index in [0.29, 0.717) is 6.42 Å². The molecule has 0 radical (unpaired) electrons. The lowest BCUT2D eigenvalue weighted by Crippen LogP contribution is -2.46. The van der Waals surface area contributed by atoms with Crippen LogP contribution in [0.1, 0.15) is 67.7 Å². The van der Waals surface area contributed by atoms with Crippen molar-refractivity contribution in [2.75, 3.05) is 6.61 Å². The third-order valence-electron chi connectivity index (χ3n) is 8.17. The number of rotatable bonds is 12. The molecule has 5 nitrogen and oxygen atoms in total. The monoisotopic (exact) mass is 486 g/mol. The topological polar surface area (TPSA) is 63.8 Å². The third kappa shape index (κ3) is 6.55. The fraction of sp³-hybridized carbons (Fsp3) is 0.920. The summed E-state index contributed by atoms with van der Waals surface area (Å²) in [5.74, 6) is 0. The maximum atomic E-state index is 9.64. The van der Waals surface area contributed by atoms with Crippen LogP contribution in [0.4, 0.5) is 0 Å². The van der Waals surface area contributed by atoms with Gasteiger partial charge in [-0.3, -0.25) is 0 Å². The Morgan fingerprint density at radius 3 is 2.03 bits per heavy atom. The molecule has 2 heterocycles. The number of aliphatic hydroxyl groups is 1. The van der Waals surface area contributed by atoms with Gasteiger partial charge in [-0.25, -0.2) is 0 Å². The van der Waals surface area contributed by atoms with Gasteiger partial charge in [0.15, 0.2) is 16.6 Å². The average molecular weight is 487 g/mol. The van der Waals surface area contributed by atoms with Crippen LogP contribution in [-0.4, -0.2) is 64.5 Å². The van der Waals surface area contributed by atoms with Gasteiger partial charge in [0.05, 0.1) is 17.8 Å². The highest BCUT2D eigenvalue weighted by atomic mass is 28.4. The Morgan fingerprint density at radius 2 is 1.56 bits per heavy atom. The van der Waals surface area contributed by atoms with Crippen molar-refractivity contribution in [3.63, 3.8) is 0 Å². The molecule has 2 aliphatic rings. The molecule has 0 amide bonds. The van der Waals surface area contributed by atoms with E-state index in [2.05, 4.69) is 81.2 Å². The first-order chi connectivity index (χ1) is 14.4. The molecular weight excluding hydrogens is 436 g/mol. The van der Waals surface area contributed by atoms with Crippen molar-refractivity contribution in [2.24, 2.45) is 0 Å². The molecule has 2 fully saturated rings. The Morgan fingerprint density at radius 1 is 1.03 bits per heavy atom. The van der Waals surface area contributed by atoms with Gasteiger partial charge < -0.3 is 23.4 Å². The lowest BCUT2D eigenvalue weighted by molar-refractivity contribution is 0.107. The van der Waals surface area contributed by atoms with Crippen LogP contribution >= 0.6 is 0 Å². The normalized spacial score (nSPS) is 30.7. The Labute approximate surface area is 199 Å². The summed E-state index contributed by atoms with van der Waals surface area (Å²) in [4.78, 5) is 0. The number of epoxide rings is 2. The van der Waals surface area contributed by atoms with E-state index in [1.165, 1.54) is 0 Å². The maximum Gasteiger partial charge on any atom is 0.192 e. The summed E-state index contributed by atoms with van der Waals surface area (Å²) in [5, 5.41) is 9.92. The standard InChI is InChI=1S/C25H50O5Si2/c1-13-14-19(30-32(11,12)24(5,6)7)20-21(27-20)22-25(8,28-22)17-18(15-16-26)29-31(9,10)23(2,3)4/h13,18-22,26H,1,14-17H2,2-12H3/t18-,19+,20+,21-,22+,25+/m1/s1. The molecule has 6 atom stereocenters. The number of hydrogen-bond acceptors (Lipinski definition) is 5. The second-order valence-corrected chi connectivity index (χ2v) is 22.6. The molecule has 0 aromatic rings. The summed E-state index contributed by atoms with van der Waals surface area (Å²) in [6.45, 7) is 28.9. The summed E-state index contributed by atoms with van der Waals surface area (Å²) < 4.78 is 25.7. The zero-order valence-corrected chi connectivity index (χ0v) is 24.6. The molecule has 0 bridgehead atoms. The first-order valence-corrected chi connectivity index (χ1v) is 18.1. The second kappa shape index (κ2) is 9.55. The molecule has 0 unspecified atom stereocenters. The molecule has 1 N–H and O–H groups in total. The molecular formula is C25H50O5Si2. The highest BCUT2D eigenvalue weighted by Gasteiger charge is 2.66. The number of aliphatic hydroxyl groups excluding tert-OH is 1. The maximum absolute atomic E-state index is 9.64. The molecule has 0 saturated carbocycles. The fourth-order valence-corrected chi connectivity index (χ4v) is 6.60. The zero-order chi connectivity index (χ0) is 24.8. The lowest BCUT2D eigenvalue weighted by Gasteiger charge is -2.39. The molecule has 188 valence electrons. The Bertz CT molecular complexity index is 652. The minimum absolute atomic E-state index is 0.000505. The van der Waals surface area contributed by atoms with Crippen LogP contribution in [0.15, 0.2) is 12.7 Å². The van der Waals surface area contributed by atoms with Crippen molar-refractivity contribution in [3.8, 4) is 0 Å². The molecule has 0 spiro atoms. The van der Waals surface area contributed by atoms with Crippen molar-refractivity contribution >= 4 is 16.6 Å². The average Bonchev–Trinajstić information content (AvgIpc) is 3.48. The van der Waals surface area contributed by atoms with Gasteiger partial charge in [0.1, 0.15) is 18.3 Å². The predicted molar refractivity (Wildman–Crippen MR) is 137 cm³/mol. The molecule has 7 heteroatoms. The van der Waals surface area contributed by atoms with E-state index in [4.69, 9.17) is 18.3 Å².